The standard InChI is InChI=1S/C28H40O6/c1-6-7-8-9-10-11-21(30)34-25-18(15-29)13-19-22-20(26(22,4)5)12-17(3)27(24(19)32)14-16(2)23(31)28(25,27)33/h10-11,13-14,17,19-20,22-23,25,29,31,33H,6-9,12,15H2,1-5H3/b11-10+/t17-,19+,20-,22+,23+,25+,27+,28+/m1/s1. The summed E-state index contributed by atoms with van der Waals surface area (Å²) in [6, 6.07) is 0. The Morgan fingerprint density at radius 1 is 1.29 bits per heavy atom. The van der Waals surface area contributed by atoms with E-state index in [0.717, 1.165) is 32.1 Å². The summed E-state index contributed by atoms with van der Waals surface area (Å²) in [6.07, 6.45) is 8.42. The minimum Gasteiger partial charge on any atom is -0.451 e. The number of carbonyl (C=O) groups excluding carboxylic acids is 2. The van der Waals surface area contributed by atoms with Crippen LogP contribution in [0.4, 0.5) is 0 Å². The van der Waals surface area contributed by atoms with Gasteiger partial charge < -0.3 is 20.1 Å². The molecular weight excluding hydrogens is 432 g/mol. The van der Waals surface area contributed by atoms with Crippen LogP contribution in [-0.4, -0.2) is 51.5 Å². The highest BCUT2D eigenvalue weighted by Gasteiger charge is 2.76. The number of unbranched alkanes of at least 4 members (excludes halogenated alkanes) is 3. The van der Waals surface area contributed by atoms with Crippen molar-refractivity contribution in [3.05, 3.63) is 35.5 Å². The molecule has 8 atom stereocenters. The van der Waals surface area contributed by atoms with E-state index in [1.807, 2.05) is 6.92 Å². The summed E-state index contributed by atoms with van der Waals surface area (Å²) < 4.78 is 5.81. The van der Waals surface area contributed by atoms with Crippen LogP contribution in [0.15, 0.2) is 35.5 Å². The third kappa shape index (κ3) is 3.40. The quantitative estimate of drug-likeness (QED) is 0.227. The van der Waals surface area contributed by atoms with E-state index >= 15 is 0 Å². The smallest absolute Gasteiger partial charge is 0.331 e. The highest BCUT2D eigenvalue weighted by Crippen LogP contribution is 2.71. The molecule has 0 unspecified atom stereocenters. The van der Waals surface area contributed by atoms with Crippen molar-refractivity contribution < 1.29 is 29.6 Å². The van der Waals surface area contributed by atoms with Crippen LogP contribution in [0.2, 0.25) is 0 Å². The number of ether oxygens (including phenoxy) is 1. The second-order valence-electron chi connectivity index (χ2n) is 11.6. The second kappa shape index (κ2) is 8.72. The van der Waals surface area contributed by atoms with Gasteiger partial charge >= 0.3 is 5.97 Å². The fourth-order valence-corrected chi connectivity index (χ4v) is 7.42. The van der Waals surface area contributed by atoms with Crippen molar-refractivity contribution in [1.82, 2.24) is 0 Å². The van der Waals surface area contributed by atoms with Gasteiger partial charge in [-0.05, 0) is 60.5 Å². The number of aliphatic hydroxyl groups excluding tert-OH is 2. The fourth-order valence-electron chi connectivity index (χ4n) is 7.42. The number of allylic oxidation sites excluding steroid dienone is 2. The van der Waals surface area contributed by atoms with Crippen LogP contribution in [0.25, 0.3) is 0 Å². The molecule has 0 aliphatic heterocycles. The Balaban J connectivity index is 1.78. The van der Waals surface area contributed by atoms with Crippen molar-refractivity contribution in [3.8, 4) is 0 Å². The molecule has 6 nitrogen and oxygen atoms in total. The molecule has 4 rings (SSSR count). The highest BCUT2D eigenvalue weighted by molar-refractivity contribution is 5.95. The Bertz CT molecular complexity index is 945. The molecule has 3 N–H and O–H groups in total. The lowest BCUT2D eigenvalue weighted by Gasteiger charge is -2.49. The third-order valence-electron chi connectivity index (χ3n) is 9.36. The molecule has 0 aromatic rings. The molecule has 4 aliphatic rings. The lowest BCUT2D eigenvalue weighted by Crippen LogP contribution is -2.66. The fraction of sp³-hybridized carbons (Fsp3) is 0.714. The van der Waals surface area contributed by atoms with E-state index in [1.54, 1.807) is 25.2 Å². The maximum atomic E-state index is 14.3. The van der Waals surface area contributed by atoms with Crippen LogP contribution in [-0.2, 0) is 14.3 Å². The Morgan fingerprint density at radius 3 is 2.65 bits per heavy atom. The van der Waals surface area contributed by atoms with Crippen molar-refractivity contribution in [2.45, 2.75) is 84.5 Å². The van der Waals surface area contributed by atoms with Gasteiger partial charge in [-0.15, -0.1) is 0 Å². The number of Topliss-reactive ketones (excluding diaryl/α,β-unsaturated/α-hetero) is 1. The molecule has 1 spiro atoms. The minimum atomic E-state index is -2.08. The summed E-state index contributed by atoms with van der Waals surface area (Å²) in [5, 5.41) is 33.9. The van der Waals surface area contributed by atoms with Gasteiger partial charge in [0, 0.05) is 12.0 Å². The van der Waals surface area contributed by atoms with Gasteiger partial charge in [0.1, 0.15) is 6.10 Å². The minimum absolute atomic E-state index is 0.0287. The van der Waals surface area contributed by atoms with Crippen LogP contribution >= 0.6 is 0 Å². The number of carbonyl (C=O) groups is 2. The lowest BCUT2D eigenvalue weighted by atomic mass is 9.59. The second-order valence-corrected chi connectivity index (χ2v) is 11.6. The van der Waals surface area contributed by atoms with Gasteiger partial charge in [0.2, 0.25) is 0 Å². The molecule has 0 saturated heterocycles. The van der Waals surface area contributed by atoms with Gasteiger partial charge in [-0.3, -0.25) is 4.79 Å². The van der Waals surface area contributed by atoms with E-state index in [9.17, 15) is 24.9 Å². The normalized spacial score (nSPS) is 42.3. The predicted molar refractivity (Wildman–Crippen MR) is 129 cm³/mol. The average molecular weight is 473 g/mol. The van der Waals surface area contributed by atoms with Crippen molar-refractivity contribution in [2.24, 2.45) is 34.5 Å². The van der Waals surface area contributed by atoms with E-state index < -0.39 is 41.7 Å². The monoisotopic (exact) mass is 472 g/mol. The molecule has 0 amide bonds. The molecule has 6 heteroatoms. The average Bonchev–Trinajstić information content (AvgIpc) is 3.29. The molecule has 0 radical (unpaired) electrons. The van der Waals surface area contributed by atoms with E-state index in [1.165, 1.54) is 6.08 Å². The molecule has 188 valence electrons. The van der Waals surface area contributed by atoms with E-state index in [-0.39, 0.29) is 28.6 Å². The first kappa shape index (κ1) is 25.3. The Kier molecular flexibility index (Phi) is 6.50. The van der Waals surface area contributed by atoms with Crippen molar-refractivity contribution in [1.29, 1.82) is 0 Å². The SMILES string of the molecule is CCCCC/C=C/C(=O)O[C@H]1C(CO)=C[C@@H]2C(=O)[C@]3(C=C(C)[C@H](O)[C@]13O)[C@H](C)C[C@@H]1[C@H]2C1(C)C. The number of fused-ring (bicyclic) bond motifs is 3. The van der Waals surface area contributed by atoms with E-state index in [2.05, 4.69) is 20.8 Å². The van der Waals surface area contributed by atoms with Crippen molar-refractivity contribution >= 4 is 11.8 Å². The van der Waals surface area contributed by atoms with Gasteiger partial charge in [-0.2, -0.15) is 0 Å². The summed E-state index contributed by atoms with van der Waals surface area (Å²) in [5.41, 5.74) is -2.73. The number of rotatable bonds is 7. The summed E-state index contributed by atoms with van der Waals surface area (Å²) >= 11 is 0. The van der Waals surface area contributed by atoms with Gasteiger partial charge in [0.25, 0.3) is 0 Å². The topological polar surface area (TPSA) is 104 Å². The van der Waals surface area contributed by atoms with Crippen molar-refractivity contribution in [2.75, 3.05) is 6.61 Å². The number of hydrogen-bond donors (Lipinski definition) is 3. The molecule has 0 aromatic carbocycles. The van der Waals surface area contributed by atoms with E-state index in [4.69, 9.17) is 4.74 Å². The molecule has 0 heterocycles. The number of aliphatic hydroxyl groups is 3. The summed E-state index contributed by atoms with van der Waals surface area (Å²) in [5.74, 6) is -1.18. The van der Waals surface area contributed by atoms with Gasteiger partial charge in [-0.1, -0.05) is 58.8 Å². The maximum absolute atomic E-state index is 14.3. The van der Waals surface area contributed by atoms with Crippen LogP contribution < -0.4 is 0 Å². The molecule has 0 aromatic heterocycles. The van der Waals surface area contributed by atoms with Crippen LogP contribution in [0.5, 0.6) is 0 Å². The molecule has 34 heavy (non-hydrogen) atoms. The maximum Gasteiger partial charge on any atom is 0.331 e. The Hall–Kier alpha value is -1.76. The van der Waals surface area contributed by atoms with Gasteiger partial charge in [-0.25, -0.2) is 4.79 Å². The van der Waals surface area contributed by atoms with Crippen LogP contribution in [0.3, 0.4) is 0 Å². The first-order valence-corrected chi connectivity index (χ1v) is 12.8. The predicted octanol–water partition coefficient (Wildman–Crippen LogP) is 3.50. The Morgan fingerprint density at radius 2 is 2.00 bits per heavy atom. The molecular formula is C28H40O6. The number of ketones is 1. The molecule has 2 fully saturated rings. The molecule has 2 bridgehead atoms. The summed E-state index contributed by atoms with van der Waals surface area (Å²) in [6.45, 7) is 9.61. The number of esters is 1. The first-order valence-electron chi connectivity index (χ1n) is 12.8. The highest BCUT2D eigenvalue weighted by atomic mass is 16.6. The first-order chi connectivity index (χ1) is 16.0. The zero-order valence-electron chi connectivity index (χ0n) is 21.1. The van der Waals surface area contributed by atoms with Crippen LogP contribution in [0, 0.1) is 34.5 Å². The number of hydrogen-bond acceptors (Lipinski definition) is 6. The van der Waals surface area contributed by atoms with E-state index in [0.29, 0.717) is 11.5 Å². The van der Waals surface area contributed by atoms with Gasteiger partial charge in [0.15, 0.2) is 17.5 Å². The lowest BCUT2D eigenvalue weighted by molar-refractivity contribution is -0.202. The zero-order chi connectivity index (χ0) is 25.1. The third-order valence-corrected chi connectivity index (χ3v) is 9.36. The Labute approximate surface area is 202 Å². The van der Waals surface area contributed by atoms with Crippen molar-refractivity contribution in [3.63, 3.8) is 0 Å². The zero-order valence-corrected chi connectivity index (χ0v) is 21.1. The van der Waals surface area contributed by atoms with Gasteiger partial charge in [0.05, 0.1) is 12.0 Å². The summed E-state index contributed by atoms with van der Waals surface area (Å²) in [7, 11) is 0. The van der Waals surface area contributed by atoms with Crippen LogP contribution in [0.1, 0.15) is 66.7 Å². The molecule has 2 saturated carbocycles. The summed E-state index contributed by atoms with van der Waals surface area (Å²) in [4.78, 5) is 27.1. The molecule has 4 aliphatic carbocycles. The largest absolute Gasteiger partial charge is 0.451 e.